The van der Waals surface area contributed by atoms with Crippen LogP contribution in [0.25, 0.3) is 44.4 Å². The van der Waals surface area contributed by atoms with E-state index in [1.54, 1.807) is 33.1 Å². The zero-order valence-corrected chi connectivity index (χ0v) is 20.1. The summed E-state index contributed by atoms with van der Waals surface area (Å²) in [6.45, 7) is 3.63. The number of benzene rings is 3. The molecule has 5 rings (SSSR count). The van der Waals surface area contributed by atoms with E-state index < -0.39 is 17.7 Å². The van der Waals surface area contributed by atoms with Crippen molar-refractivity contribution in [3.63, 3.8) is 0 Å². The lowest BCUT2D eigenvalue weighted by Gasteiger charge is -2.18. The van der Waals surface area contributed by atoms with Crippen LogP contribution < -0.4 is 15.1 Å². The van der Waals surface area contributed by atoms with E-state index in [0.29, 0.717) is 44.9 Å². The summed E-state index contributed by atoms with van der Waals surface area (Å²) in [5.41, 5.74) is 2.47. The van der Waals surface area contributed by atoms with Crippen LogP contribution in [0.2, 0.25) is 0 Å². The maximum Gasteiger partial charge on any atom is 0.347 e. The Balaban J connectivity index is 1.73. The third kappa shape index (κ3) is 4.31. The molecule has 0 aliphatic carbocycles. The summed E-state index contributed by atoms with van der Waals surface area (Å²) < 4.78 is 28.3. The molecule has 3 aromatic carbocycles. The van der Waals surface area contributed by atoms with Crippen molar-refractivity contribution in [2.45, 2.75) is 20.0 Å². The molecule has 0 aliphatic rings. The van der Waals surface area contributed by atoms with Crippen LogP contribution in [0.15, 0.2) is 86.4 Å². The second-order valence-electron chi connectivity index (χ2n) is 8.19. The van der Waals surface area contributed by atoms with Crippen LogP contribution in [0.5, 0.6) is 11.5 Å². The van der Waals surface area contributed by atoms with Crippen LogP contribution in [-0.4, -0.2) is 25.8 Å². The van der Waals surface area contributed by atoms with E-state index in [2.05, 4.69) is 0 Å². The second kappa shape index (κ2) is 9.62. The number of carbonyl (C=O) groups excluding carboxylic acids is 1. The Hall–Kier alpha value is -4.52. The van der Waals surface area contributed by atoms with Gasteiger partial charge in [-0.3, -0.25) is 0 Å². The largest absolute Gasteiger partial charge is 0.493 e. The molecular formula is C29H24O7. The van der Waals surface area contributed by atoms with Gasteiger partial charge < -0.3 is 23.0 Å². The number of hydrogen-bond acceptors (Lipinski definition) is 7. The van der Waals surface area contributed by atoms with Gasteiger partial charge in [-0.1, -0.05) is 42.5 Å². The molecule has 2 heterocycles. The molecule has 0 aliphatic heterocycles. The predicted molar refractivity (Wildman–Crippen MR) is 136 cm³/mol. The minimum atomic E-state index is -0.848. The van der Waals surface area contributed by atoms with Gasteiger partial charge in [-0.2, -0.15) is 0 Å². The molecule has 182 valence electrons. The number of furan rings is 1. The number of carbonyl (C=O) groups is 1. The Bertz CT molecular complexity index is 1610. The molecule has 0 bridgehead atoms. The number of rotatable bonds is 7. The topological polar surface area (TPSA) is 88.1 Å². The lowest BCUT2D eigenvalue weighted by molar-refractivity contribution is -0.150. The second-order valence-corrected chi connectivity index (χ2v) is 8.19. The minimum absolute atomic E-state index is 0.251. The van der Waals surface area contributed by atoms with Crippen LogP contribution in [0.1, 0.15) is 13.8 Å². The standard InChI is InChI=1S/C29H24O7/c1-4-33-29(31)17(2)34-25-15-21-22(24-13-19-11-8-12-23(32-3)28(19)36-24)16-27(30)35-26(21)14-20(25)18-9-6-5-7-10-18/h5-17H,4H2,1-3H3. The van der Waals surface area contributed by atoms with Gasteiger partial charge in [-0.05, 0) is 43.7 Å². The summed E-state index contributed by atoms with van der Waals surface area (Å²) in [7, 11) is 1.57. The molecule has 0 N–H and O–H groups in total. The molecule has 7 heteroatoms. The molecule has 0 saturated heterocycles. The van der Waals surface area contributed by atoms with Crippen LogP contribution in [0, 0.1) is 0 Å². The Morgan fingerprint density at radius 3 is 2.47 bits per heavy atom. The number of esters is 1. The first-order chi connectivity index (χ1) is 17.5. The molecule has 36 heavy (non-hydrogen) atoms. The summed E-state index contributed by atoms with van der Waals surface area (Å²) >= 11 is 0. The first kappa shape index (κ1) is 23.2. The monoisotopic (exact) mass is 484 g/mol. The molecule has 5 aromatic rings. The van der Waals surface area contributed by atoms with Gasteiger partial charge in [-0.25, -0.2) is 9.59 Å². The summed E-state index contributed by atoms with van der Waals surface area (Å²) in [4.78, 5) is 24.9. The zero-order chi connectivity index (χ0) is 25.2. The average molecular weight is 485 g/mol. The Morgan fingerprint density at radius 2 is 1.72 bits per heavy atom. The molecule has 2 aromatic heterocycles. The Morgan fingerprint density at radius 1 is 0.917 bits per heavy atom. The number of hydrogen-bond donors (Lipinski definition) is 0. The lowest BCUT2D eigenvalue weighted by atomic mass is 10.00. The summed E-state index contributed by atoms with van der Waals surface area (Å²) in [5, 5.41) is 1.43. The highest BCUT2D eigenvalue weighted by molar-refractivity contribution is 5.98. The first-order valence-corrected chi connectivity index (χ1v) is 11.6. The minimum Gasteiger partial charge on any atom is -0.493 e. The van der Waals surface area contributed by atoms with E-state index >= 15 is 0 Å². The molecule has 7 nitrogen and oxygen atoms in total. The summed E-state index contributed by atoms with van der Waals surface area (Å²) in [5.74, 6) is 1.03. The molecular weight excluding hydrogens is 460 g/mol. The van der Waals surface area contributed by atoms with Crippen LogP contribution in [-0.2, 0) is 9.53 Å². The molecule has 0 amide bonds. The molecule has 1 unspecified atom stereocenters. The summed E-state index contributed by atoms with van der Waals surface area (Å²) in [6.07, 6.45) is -0.848. The van der Waals surface area contributed by atoms with Gasteiger partial charge in [0, 0.05) is 28.0 Å². The van der Waals surface area contributed by atoms with Gasteiger partial charge in [-0.15, -0.1) is 0 Å². The molecule has 0 spiro atoms. The Labute approximate surface area is 206 Å². The number of methoxy groups -OCH3 is 1. The first-order valence-electron chi connectivity index (χ1n) is 11.6. The van der Waals surface area contributed by atoms with E-state index in [-0.39, 0.29) is 6.61 Å². The number of ether oxygens (including phenoxy) is 3. The summed E-state index contributed by atoms with van der Waals surface area (Å²) in [6, 6.07) is 21.8. The highest BCUT2D eigenvalue weighted by atomic mass is 16.6. The van der Waals surface area contributed by atoms with Crippen molar-refractivity contribution in [3.8, 4) is 33.9 Å². The normalized spacial score (nSPS) is 12.0. The number of para-hydroxylation sites is 1. The van der Waals surface area contributed by atoms with Crippen molar-refractivity contribution in [3.05, 3.63) is 83.2 Å². The number of fused-ring (bicyclic) bond motifs is 2. The van der Waals surface area contributed by atoms with Gasteiger partial charge in [0.25, 0.3) is 0 Å². The van der Waals surface area contributed by atoms with E-state index in [0.717, 1.165) is 10.9 Å². The quantitative estimate of drug-likeness (QED) is 0.200. The molecule has 0 saturated carbocycles. The third-order valence-corrected chi connectivity index (χ3v) is 5.85. The van der Waals surface area contributed by atoms with Crippen LogP contribution in [0.4, 0.5) is 0 Å². The van der Waals surface area contributed by atoms with Crippen molar-refractivity contribution < 1.29 is 27.8 Å². The fourth-order valence-corrected chi connectivity index (χ4v) is 4.16. The zero-order valence-electron chi connectivity index (χ0n) is 20.1. The van der Waals surface area contributed by atoms with Gasteiger partial charge in [0.15, 0.2) is 17.4 Å². The highest BCUT2D eigenvalue weighted by Gasteiger charge is 2.21. The fourth-order valence-electron chi connectivity index (χ4n) is 4.16. The van der Waals surface area contributed by atoms with Gasteiger partial charge in [0.2, 0.25) is 0 Å². The van der Waals surface area contributed by atoms with Crippen molar-refractivity contribution in [2.24, 2.45) is 0 Å². The maximum absolute atomic E-state index is 12.6. The van der Waals surface area contributed by atoms with E-state index in [9.17, 15) is 9.59 Å². The SMILES string of the molecule is CCOC(=O)C(C)Oc1cc2c(-c3cc4cccc(OC)c4o3)cc(=O)oc2cc1-c1ccccc1. The van der Waals surface area contributed by atoms with Crippen LogP contribution in [0.3, 0.4) is 0 Å². The van der Waals surface area contributed by atoms with Crippen molar-refractivity contribution in [1.82, 2.24) is 0 Å². The third-order valence-electron chi connectivity index (χ3n) is 5.85. The maximum atomic E-state index is 12.6. The van der Waals surface area contributed by atoms with E-state index in [4.69, 9.17) is 23.0 Å². The molecule has 0 radical (unpaired) electrons. The van der Waals surface area contributed by atoms with Gasteiger partial charge >= 0.3 is 11.6 Å². The van der Waals surface area contributed by atoms with Crippen molar-refractivity contribution >= 4 is 27.9 Å². The van der Waals surface area contributed by atoms with Gasteiger partial charge in [0.1, 0.15) is 17.1 Å². The highest BCUT2D eigenvalue weighted by Crippen LogP contribution is 2.40. The van der Waals surface area contributed by atoms with E-state index in [1.807, 2.05) is 54.6 Å². The van der Waals surface area contributed by atoms with Crippen molar-refractivity contribution in [2.75, 3.05) is 13.7 Å². The molecule has 1 atom stereocenters. The Kier molecular flexibility index (Phi) is 6.21. The average Bonchev–Trinajstić information content (AvgIpc) is 3.33. The van der Waals surface area contributed by atoms with E-state index in [1.165, 1.54) is 6.07 Å². The van der Waals surface area contributed by atoms with Crippen molar-refractivity contribution in [1.29, 1.82) is 0 Å². The fraction of sp³-hybridized carbons (Fsp3) is 0.172. The smallest absolute Gasteiger partial charge is 0.347 e. The predicted octanol–water partition coefficient (Wildman–Crippen LogP) is 6.21. The van der Waals surface area contributed by atoms with Gasteiger partial charge in [0.05, 0.1) is 13.7 Å². The van der Waals surface area contributed by atoms with Crippen LogP contribution >= 0.6 is 0 Å². The molecule has 0 fully saturated rings. The lowest BCUT2D eigenvalue weighted by Crippen LogP contribution is -2.26.